The fourth-order valence-corrected chi connectivity index (χ4v) is 5.12. The molecule has 2 aromatic heterocycles. The molecule has 9 nitrogen and oxygen atoms in total. The summed E-state index contributed by atoms with van der Waals surface area (Å²) in [7, 11) is 1.58. The van der Waals surface area contributed by atoms with E-state index in [4.69, 9.17) is 14.6 Å². The van der Waals surface area contributed by atoms with Gasteiger partial charge >= 0.3 is 12.2 Å². The first-order valence-corrected chi connectivity index (χ1v) is 12.0. The molecule has 2 aromatic rings. The molecule has 1 fully saturated rings. The van der Waals surface area contributed by atoms with E-state index in [0.717, 1.165) is 30.2 Å². The van der Waals surface area contributed by atoms with Crippen LogP contribution in [0.2, 0.25) is 0 Å². The molecule has 1 N–H and O–H groups in total. The highest BCUT2D eigenvalue weighted by Crippen LogP contribution is 2.43. The Labute approximate surface area is 201 Å². The van der Waals surface area contributed by atoms with E-state index in [1.54, 1.807) is 23.8 Å². The third-order valence-electron chi connectivity index (χ3n) is 6.89. The van der Waals surface area contributed by atoms with Crippen LogP contribution in [0.3, 0.4) is 0 Å². The van der Waals surface area contributed by atoms with E-state index in [9.17, 15) is 18.0 Å². The number of pyridine rings is 1. The highest BCUT2D eigenvalue weighted by Gasteiger charge is 2.39. The Morgan fingerprint density at radius 1 is 1.23 bits per heavy atom. The van der Waals surface area contributed by atoms with Crippen molar-refractivity contribution in [1.82, 2.24) is 25.0 Å². The molecular weight excluding hydrogens is 465 g/mol. The Balaban J connectivity index is 1.62. The largest absolute Gasteiger partial charge is 0.474 e. The minimum absolute atomic E-state index is 0.0429. The molecule has 3 aliphatic heterocycles. The number of hydrogen-bond donors (Lipinski definition) is 1. The molecule has 1 saturated heterocycles. The number of ether oxygens (including phenoxy) is 2. The molecule has 0 atom stereocenters. The quantitative estimate of drug-likeness (QED) is 0.704. The number of carbonyl (C=O) groups is 1. The van der Waals surface area contributed by atoms with E-state index >= 15 is 0 Å². The van der Waals surface area contributed by atoms with Crippen molar-refractivity contribution in [2.75, 3.05) is 44.9 Å². The molecule has 5 rings (SSSR count). The van der Waals surface area contributed by atoms with Crippen LogP contribution in [0, 0.1) is 0 Å². The van der Waals surface area contributed by atoms with Crippen molar-refractivity contribution in [3.05, 3.63) is 28.6 Å². The number of hydrogen-bond acceptors (Lipinski definition) is 6. The van der Waals surface area contributed by atoms with Gasteiger partial charge in [0.15, 0.2) is 5.82 Å². The highest BCUT2D eigenvalue weighted by molar-refractivity contribution is 5.75. The van der Waals surface area contributed by atoms with Gasteiger partial charge in [-0.05, 0) is 25.3 Å². The van der Waals surface area contributed by atoms with Crippen molar-refractivity contribution in [2.45, 2.75) is 51.4 Å². The van der Waals surface area contributed by atoms with Crippen molar-refractivity contribution in [3.63, 3.8) is 0 Å². The van der Waals surface area contributed by atoms with Crippen LogP contribution in [0.1, 0.15) is 48.3 Å². The maximum Gasteiger partial charge on any atom is 0.418 e. The molecule has 0 unspecified atom stereocenters. The molecule has 2 amide bonds. The minimum Gasteiger partial charge on any atom is -0.474 e. The second-order valence-corrected chi connectivity index (χ2v) is 8.92. The summed E-state index contributed by atoms with van der Waals surface area (Å²) < 4.78 is 54.8. The third kappa shape index (κ3) is 4.28. The summed E-state index contributed by atoms with van der Waals surface area (Å²) in [5.74, 6) is 0.734. The lowest BCUT2D eigenvalue weighted by Gasteiger charge is -2.32. The molecule has 190 valence electrons. The van der Waals surface area contributed by atoms with Crippen molar-refractivity contribution in [1.29, 1.82) is 0 Å². The molecule has 5 heterocycles. The highest BCUT2D eigenvalue weighted by atomic mass is 19.4. The number of urea groups is 1. The van der Waals surface area contributed by atoms with Crippen LogP contribution in [-0.2, 0) is 30.3 Å². The lowest BCUT2D eigenvalue weighted by atomic mass is 10.0. The van der Waals surface area contributed by atoms with Gasteiger partial charge in [-0.25, -0.2) is 9.78 Å². The van der Waals surface area contributed by atoms with Gasteiger partial charge in [-0.3, -0.25) is 4.68 Å². The van der Waals surface area contributed by atoms with Crippen LogP contribution in [0.5, 0.6) is 5.88 Å². The van der Waals surface area contributed by atoms with E-state index in [-0.39, 0.29) is 42.4 Å². The molecule has 0 aromatic carbocycles. The smallest absolute Gasteiger partial charge is 0.418 e. The average molecular weight is 495 g/mol. The van der Waals surface area contributed by atoms with Gasteiger partial charge in [-0.2, -0.15) is 18.3 Å². The van der Waals surface area contributed by atoms with Gasteiger partial charge in [0, 0.05) is 44.5 Å². The molecule has 0 aliphatic carbocycles. The number of nitrogens with zero attached hydrogens (tertiary/aromatic N) is 5. The van der Waals surface area contributed by atoms with Crippen LogP contribution in [0.4, 0.5) is 29.5 Å². The molecular formula is C23H29F3N6O3. The lowest BCUT2D eigenvalue weighted by molar-refractivity contribution is -0.138. The molecule has 0 radical (unpaired) electrons. The molecule has 0 bridgehead atoms. The van der Waals surface area contributed by atoms with Crippen LogP contribution in [0.15, 0.2) is 6.07 Å². The summed E-state index contributed by atoms with van der Waals surface area (Å²) >= 11 is 0. The maximum atomic E-state index is 13.9. The first-order valence-electron chi connectivity index (χ1n) is 12.0. The lowest BCUT2D eigenvalue weighted by Crippen LogP contribution is -2.42. The third-order valence-corrected chi connectivity index (χ3v) is 6.89. The molecule has 3 aliphatic rings. The predicted octanol–water partition coefficient (Wildman–Crippen LogP) is 3.44. The molecule has 35 heavy (non-hydrogen) atoms. The van der Waals surface area contributed by atoms with Gasteiger partial charge in [-0.15, -0.1) is 0 Å². The Morgan fingerprint density at radius 2 is 2.00 bits per heavy atom. The van der Waals surface area contributed by atoms with Crippen molar-refractivity contribution in [3.8, 4) is 5.88 Å². The number of nitrogens with one attached hydrogen (secondary N) is 1. The van der Waals surface area contributed by atoms with Gasteiger partial charge < -0.3 is 24.6 Å². The van der Waals surface area contributed by atoms with Crippen LogP contribution < -0.4 is 15.0 Å². The molecule has 12 heteroatoms. The number of amides is 2. The SMILES string of the molecule is CCc1nc2c(cc1C(F)(F)F)N(c1nn(C3CCOCC3)c3c1CN(C(=O)NC)CC3)CCO2. The summed E-state index contributed by atoms with van der Waals surface area (Å²) in [6.45, 7) is 4.38. The number of carbonyl (C=O) groups excluding carboxylic acids is 1. The Bertz CT molecular complexity index is 1110. The summed E-state index contributed by atoms with van der Waals surface area (Å²) in [6, 6.07) is 1.07. The zero-order valence-electron chi connectivity index (χ0n) is 19.8. The average Bonchev–Trinajstić information content (AvgIpc) is 3.25. The van der Waals surface area contributed by atoms with E-state index in [1.807, 2.05) is 4.68 Å². The number of rotatable bonds is 3. The minimum atomic E-state index is -4.53. The molecule has 0 saturated carbocycles. The number of aryl methyl sites for hydroxylation is 1. The summed E-state index contributed by atoms with van der Waals surface area (Å²) in [4.78, 5) is 20.1. The maximum absolute atomic E-state index is 13.9. The number of fused-ring (bicyclic) bond motifs is 2. The standard InChI is InChI=1S/C23H29F3N6O3/c1-3-17-16(23(24,25)26)12-19-21(28-17)35-11-8-31(19)20-15-13-30(22(33)27-2)7-4-18(15)32(29-20)14-5-9-34-10-6-14/h12,14H,3-11,13H2,1-2H3,(H,27,33). The van der Waals surface area contributed by atoms with E-state index < -0.39 is 11.7 Å². The first kappa shape index (κ1) is 23.7. The van der Waals surface area contributed by atoms with Gasteiger partial charge in [-0.1, -0.05) is 6.92 Å². The van der Waals surface area contributed by atoms with Gasteiger partial charge in [0.1, 0.15) is 12.3 Å². The van der Waals surface area contributed by atoms with Crippen molar-refractivity contribution >= 4 is 17.5 Å². The Hall–Kier alpha value is -3.02. The number of aromatic nitrogens is 3. The first-order chi connectivity index (χ1) is 16.8. The van der Waals surface area contributed by atoms with Gasteiger partial charge in [0.05, 0.1) is 30.4 Å². The van der Waals surface area contributed by atoms with Crippen LogP contribution in [-0.4, -0.2) is 65.7 Å². The predicted molar refractivity (Wildman–Crippen MR) is 121 cm³/mol. The zero-order valence-corrected chi connectivity index (χ0v) is 19.8. The van der Waals surface area contributed by atoms with E-state index in [0.29, 0.717) is 45.1 Å². The van der Waals surface area contributed by atoms with E-state index in [2.05, 4.69) is 10.3 Å². The monoisotopic (exact) mass is 494 g/mol. The fourth-order valence-electron chi connectivity index (χ4n) is 5.12. The number of alkyl halides is 3. The van der Waals surface area contributed by atoms with Crippen LogP contribution in [0.25, 0.3) is 0 Å². The topological polar surface area (TPSA) is 84.8 Å². The Morgan fingerprint density at radius 3 is 2.69 bits per heavy atom. The summed E-state index contributed by atoms with van der Waals surface area (Å²) in [5.41, 5.74) is 1.32. The summed E-state index contributed by atoms with van der Waals surface area (Å²) in [5, 5.41) is 7.62. The zero-order chi connectivity index (χ0) is 24.7. The second-order valence-electron chi connectivity index (χ2n) is 8.92. The molecule has 0 spiro atoms. The van der Waals surface area contributed by atoms with Gasteiger partial charge in [0.25, 0.3) is 0 Å². The number of halogens is 3. The normalized spacial score (nSPS) is 18.7. The summed E-state index contributed by atoms with van der Waals surface area (Å²) in [6.07, 6.45) is -2.16. The van der Waals surface area contributed by atoms with Crippen molar-refractivity contribution < 1.29 is 27.4 Å². The van der Waals surface area contributed by atoms with Gasteiger partial charge in [0.2, 0.25) is 5.88 Å². The van der Waals surface area contributed by atoms with Crippen LogP contribution >= 0.6 is 0 Å². The van der Waals surface area contributed by atoms with Crippen molar-refractivity contribution in [2.24, 2.45) is 0 Å². The second kappa shape index (κ2) is 9.21. The fraction of sp³-hybridized carbons (Fsp3) is 0.609. The van der Waals surface area contributed by atoms with E-state index in [1.165, 1.54) is 0 Å². The Kier molecular flexibility index (Phi) is 6.24. The number of anilines is 2.